The van der Waals surface area contributed by atoms with Crippen molar-refractivity contribution >= 4 is 23.0 Å². The van der Waals surface area contributed by atoms with Gasteiger partial charge in [0.2, 0.25) is 0 Å². The quantitative estimate of drug-likeness (QED) is 0.859. The van der Waals surface area contributed by atoms with Gasteiger partial charge in [-0.05, 0) is 18.1 Å². The smallest absolute Gasteiger partial charge is 0.287 e. The lowest BCUT2D eigenvalue weighted by molar-refractivity contribution is 0.542. The van der Waals surface area contributed by atoms with Crippen molar-refractivity contribution in [2.45, 2.75) is 19.9 Å². The summed E-state index contributed by atoms with van der Waals surface area (Å²) in [6.45, 7) is 4.93. The fourth-order valence-corrected chi connectivity index (χ4v) is 2.29. The second kappa shape index (κ2) is 7.31. The third kappa shape index (κ3) is 4.01. The predicted octanol–water partition coefficient (Wildman–Crippen LogP) is 2.98. The summed E-state index contributed by atoms with van der Waals surface area (Å²) in [5, 5.41) is 10.8. The van der Waals surface area contributed by atoms with Crippen LogP contribution >= 0.6 is 11.6 Å². The Morgan fingerprint density at radius 3 is 2.59 bits per heavy atom. The Morgan fingerprint density at radius 1 is 1.27 bits per heavy atom. The molecule has 0 saturated carbocycles. The zero-order chi connectivity index (χ0) is 16.1. The van der Waals surface area contributed by atoms with E-state index >= 15 is 0 Å². The molecule has 1 atom stereocenters. The average Bonchev–Trinajstić information content (AvgIpc) is 2.51. The summed E-state index contributed by atoms with van der Waals surface area (Å²) in [6.07, 6.45) is 1.57. The van der Waals surface area contributed by atoms with Crippen LogP contribution in [0.5, 0.6) is 0 Å². The van der Waals surface area contributed by atoms with Crippen LogP contribution in [0.1, 0.15) is 13.8 Å². The lowest BCUT2D eigenvalue weighted by Gasteiger charge is -2.24. The molecule has 2 N–H and O–H groups in total. The summed E-state index contributed by atoms with van der Waals surface area (Å²) in [6, 6.07) is 10.2. The first kappa shape index (κ1) is 16.4. The van der Waals surface area contributed by atoms with E-state index in [1.807, 2.05) is 30.3 Å². The van der Waals surface area contributed by atoms with Crippen molar-refractivity contribution in [2.75, 3.05) is 17.2 Å². The van der Waals surface area contributed by atoms with Gasteiger partial charge >= 0.3 is 0 Å². The van der Waals surface area contributed by atoms with Gasteiger partial charge < -0.3 is 10.6 Å². The van der Waals surface area contributed by atoms with E-state index in [9.17, 15) is 4.79 Å². The van der Waals surface area contributed by atoms with Gasteiger partial charge in [-0.1, -0.05) is 43.6 Å². The van der Waals surface area contributed by atoms with E-state index in [0.29, 0.717) is 18.2 Å². The van der Waals surface area contributed by atoms with Crippen LogP contribution in [0.25, 0.3) is 0 Å². The Bertz CT molecular complexity index is 670. The second-order valence-electron chi connectivity index (χ2n) is 5.54. The number of hydrogen-bond acceptors (Lipinski definition) is 4. The number of benzene rings is 1. The zero-order valence-corrected chi connectivity index (χ0v) is 13.8. The largest absolute Gasteiger partial charge is 0.380 e. The summed E-state index contributed by atoms with van der Waals surface area (Å²) in [5.41, 5.74) is 1.32. The van der Waals surface area contributed by atoms with Gasteiger partial charge in [0.1, 0.15) is 5.02 Å². The highest BCUT2D eigenvalue weighted by Gasteiger charge is 2.14. The second-order valence-corrected chi connectivity index (χ2v) is 5.92. The number of nitrogens with one attached hydrogen (secondary N) is 2. The summed E-state index contributed by atoms with van der Waals surface area (Å²) >= 11 is 6.07. The number of rotatable bonds is 6. The monoisotopic (exact) mass is 320 g/mol. The van der Waals surface area contributed by atoms with Crippen LogP contribution in [0, 0.1) is 5.92 Å². The first-order valence-electron chi connectivity index (χ1n) is 7.26. The summed E-state index contributed by atoms with van der Waals surface area (Å²) in [4.78, 5) is 11.8. The molecular weight excluding hydrogens is 300 g/mol. The van der Waals surface area contributed by atoms with Crippen LogP contribution in [0.4, 0.5) is 11.4 Å². The average molecular weight is 321 g/mol. The minimum absolute atomic E-state index is 0.166. The Balaban J connectivity index is 2.07. The Hall–Kier alpha value is -2.01. The molecule has 0 amide bonds. The maximum Gasteiger partial charge on any atom is 0.287 e. The van der Waals surface area contributed by atoms with Crippen molar-refractivity contribution < 1.29 is 0 Å². The molecule has 118 valence electrons. The van der Waals surface area contributed by atoms with E-state index in [0.717, 1.165) is 5.69 Å². The number of para-hydroxylation sites is 1. The number of nitrogens with zero attached hydrogens (tertiary/aromatic N) is 2. The molecule has 0 aliphatic carbocycles. The molecule has 0 bridgehead atoms. The highest BCUT2D eigenvalue weighted by atomic mass is 35.5. The van der Waals surface area contributed by atoms with Gasteiger partial charge in [0.25, 0.3) is 5.56 Å². The summed E-state index contributed by atoms with van der Waals surface area (Å²) in [5.74, 6) is 0.408. The van der Waals surface area contributed by atoms with Crippen molar-refractivity contribution in [2.24, 2.45) is 13.0 Å². The van der Waals surface area contributed by atoms with Crippen molar-refractivity contribution in [3.8, 4) is 0 Å². The number of anilines is 2. The van der Waals surface area contributed by atoms with Crippen LogP contribution in [0.15, 0.2) is 41.3 Å². The number of halogens is 1. The Kier molecular flexibility index (Phi) is 5.44. The molecule has 0 saturated heterocycles. The van der Waals surface area contributed by atoms with E-state index in [-0.39, 0.29) is 16.6 Å². The maximum atomic E-state index is 11.8. The standard InChI is InChI=1S/C16H21ClN4O/c1-11(2)13(20-12-7-5-4-6-8-12)9-18-14-10-19-21(3)16(22)15(14)17/h4-8,10-11,13,18,20H,9H2,1-3H3/t13-/m0/s1. The van der Waals surface area contributed by atoms with Crippen LogP contribution in [0.3, 0.4) is 0 Å². The summed E-state index contributed by atoms with van der Waals surface area (Å²) in [7, 11) is 1.58. The van der Waals surface area contributed by atoms with Gasteiger partial charge in [-0.15, -0.1) is 0 Å². The van der Waals surface area contributed by atoms with Crippen LogP contribution in [0.2, 0.25) is 5.02 Å². The molecule has 1 aromatic carbocycles. The van der Waals surface area contributed by atoms with Gasteiger partial charge in [-0.3, -0.25) is 4.79 Å². The highest BCUT2D eigenvalue weighted by Crippen LogP contribution is 2.17. The fourth-order valence-electron chi connectivity index (χ4n) is 2.06. The molecule has 0 aliphatic heterocycles. The maximum absolute atomic E-state index is 11.8. The molecule has 0 aliphatic rings. The molecule has 0 unspecified atom stereocenters. The van der Waals surface area contributed by atoms with E-state index in [1.165, 1.54) is 4.68 Å². The van der Waals surface area contributed by atoms with E-state index < -0.39 is 0 Å². The molecule has 22 heavy (non-hydrogen) atoms. The molecule has 1 heterocycles. The molecule has 2 rings (SSSR count). The van der Waals surface area contributed by atoms with E-state index in [2.05, 4.69) is 29.6 Å². The molecule has 0 fully saturated rings. The van der Waals surface area contributed by atoms with Crippen LogP contribution in [-0.4, -0.2) is 22.4 Å². The highest BCUT2D eigenvalue weighted by molar-refractivity contribution is 6.32. The number of aryl methyl sites for hydroxylation is 1. The van der Waals surface area contributed by atoms with Crippen molar-refractivity contribution in [3.05, 3.63) is 51.9 Å². The lowest BCUT2D eigenvalue weighted by Crippen LogP contribution is -2.33. The topological polar surface area (TPSA) is 59.0 Å². The molecule has 6 heteroatoms. The van der Waals surface area contributed by atoms with E-state index in [1.54, 1.807) is 13.2 Å². The van der Waals surface area contributed by atoms with Gasteiger partial charge in [0.15, 0.2) is 0 Å². The number of hydrogen-bond donors (Lipinski definition) is 2. The minimum atomic E-state index is -0.302. The lowest BCUT2D eigenvalue weighted by atomic mass is 10.0. The Morgan fingerprint density at radius 2 is 1.95 bits per heavy atom. The van der Waals surface area contributed by atoms with Crippen LogP contribution < -0.4 is 16.2 Å². The van der Waals surface area contributed by atoms with Crippen molar-refractivity contribution in [1.82, 2.24) is 9.78 Å². The molecule has 0 radical (unpaired) electrons. The third-order valence-corrected chi connectivity index (χ3v) is 3.89. The van der Waals surface area contributed by atoms with Gasteiger partial charge in [0, 0.05) is 25.3 Å². The fraction of sp³-hybridized carbons (Fsp3) is 0.375. The van der Waals surface area contributed by atoms with Gasteiger partial charge in [0.05, 0.1) is 11.9 Å². The molecule has 1 aromatic heterocycles. The van der Waals surface area contributed by atoms with Crippen molar-refractivity contribution in [1.29, 1.82) is 0 Å². The third-order valence-electron chi connectivity index (χ3n) is 3.52. The molecular formula is C16H21ClN4O. The SMILES string of the molecule is CC(C)[C@H](CNc1cnn(C)c(=O)c1Cl)Nc1ccccc1. The first-order chi connectivity index (χ1) is 10.5. The number of aromatic nitrogens is 2. The van der Waals surface area contributed by atoms with Gasteiger partial charge in [-0.2, -0.15) is 5.10 Å². The van der Waals surface area contributed by atoms with Crippen LogP contribution in [-0.2, 0) is 7.05 Å². The molecule has 2 aromatic rings. The van der Waals surface area contributed by atoms with Crippen molar-refractivity contribution in [3.63, 3.8) is 0 Å². The minimum Gasteiger partial charge on any atom is -0.380 e. The first-order valence-corrected chi connectivity index (χ1v) is 7.64. The van der Waals surface area contributed by atoms with E-state index in [4.69, 9.17) is 11.6 Å². The molecule has 0 spiro atoms. The Labute approximate surface area is 135 Å². The molecule has 5 nitrogen and oxygen atoms in total. The van der Waals surface area contributed by atoms with Gasteiger partial charge in [-0.25, -0.2) is 4.68 Å². The predicted molar refractivity (Wildman–Crippen MR) is 91.7 cm³/mol. The zero-order valence-electron chi connectivity index (χ0n) is 13.0. The normalized spacial score (nSPS) is 12.2. The summed E-state index contributed by atoms with van der Waals surface area (Å²) < 4.78 is 1.22.